The first-order chi connectivity index (χ1) is 11.8. The molecule has 12 heteroatoms. The summed E-state index contributed by atoms with van der Waals surface area (Å²) in [5, 5.41) is 11.7. The minimum Gasteiger partial charge on any atom is -0.503 e. The molecule has 0 fully saturated rings. The predicted molar refractivity (Wildman–Crippen MR) is 86.1 cm³/mol. The molecule has 0 saturated carbocycles. The number of ether oxygens (including phenoxy) is 1. The van der Waals surface area contributed by atoms with Crippen LogP contribution in [0, 0.1) is 28.2 Å². The standard InChI is InChI=1S/C13H14F4N2O4S2/c1-19(18-22)13(21)23-4-6-25-24-5-2-3-7-8(14)10(16)12(20)11(17)9(7)15/h20H,2-6H2,1H3. The number of rotatable bonds is 9. The number of carbonyl (C=O) groups excluding carboxylic acids is 1. The zero-order valence-corrected chi connectivity index (χ0v) is 14.6. The van der Waals surface area contributed by atoms with Crippen LogP contribution in [0.3, 0.4) is 0 Å². The summed E-state index contributed by atoms with van der Waals surface area (Å²) in [5.41, 5.74) is -0.753. The van der Waals surface area contributed by atoms with E-state index in [0.717, 1.165) is 7.05 Å². The Morgan fingerprint density at radius 2 is 1.68 bits per heavy atom. The van der Waals surface area contributed by atoms with Gasteiger partial charge in [0.15, 0.2) is 17.4 Å². The molecule has 0 spiro atoms. The number of phenolic OH excluding ortho intramolecular Hbond substituents is 1. The van der Waals surface area contributed by atoms with Crippen molar-refractivity contribution < 1.29 is 32.2 Å². The van der Waals surface area contributed by atoms with Gasteiger partial charge in [-0.25, -0.2) is 13.6 Å². The monoisotopic (exact) mass is 402 g/mol. The Balaban J connectivity index is 2.29. The molecule has 0 aliphatic rings. The van der Waals surface area contributed by atoms with Gasteiger partial charge in [0.25, 0.3) is 0 Å². The summed E-state index contributed by atoms with van der Waals surface area (Å²) in [6.45, 7) is 0.0357. The highest BCUT2D eigenvalue weighted by Gasteiger charge is 2.24. The van der Waals surface area contributed by atoms with Crippen LogP contribution in [-0.2, 0) is 11.2 Å². The molecule has 1 aromatic rings. The molecule has 0 unspecified atom stereocenters. The number of hydrogen-bond acceptors (Lipinski definition) is 7. The number of benzene rings is 1. The van der Waals surface area contributed by atoms with E-state index in [9.17, 15) is 27.3 Å². The van der Waals surface area contributed by atoms with Gasteiger partial charge >= 0.3 is 6.09 Å². The molecule has 0 bridgehead atoms. The van der Waals surface area contributed by atoms with E-state index in [1.807, 2.05) is 0 Å². The molecule has 0 aromatic heterocycles. The first-order valence-electron chi connectivity index (χ1n) is 6.83. The Morgan fingerprint density at radius 3 is 2.24 bits per heavy atom. The second-order valence-electron chi connectivity index (χ2n) is 4.55. The number of amides is 1. The van der Waals surface area contributed by atoms with E-state index in [2.05, 4.69) is 5.29 Å². The number of hydrogen-bond donors (Lipinski definition) is 1. The molecule has 1 amide bonds. The van der Waals surface area contributed by atoms with E-state index in [4.69, 9.17) is 9.84 Å². The summed E-state index contributed by atoms with van der Waals surface area (Å²) >= 11 is 0. The van der Waals surface area contributed by atoms with Crippen molar-refractivity contribution in [3.05, 3.63) is 33.7 Å². The highest BCUT2D eigenvalue weighted by atomic mass is 33.1. The van der Waals surface area contributed by atoms with Crippen LogP contribution in [0.2, 0.25) is 0 Å². The van der Waals surface area contributed by atoms with Gasteiger partial charge in [0.1, 0.15) is 6.61 Å². The second kappa shape index (κ2) is 10.3. The minimum atomic E-state index is -1.81. The zero-order valence-electron chi connectivity index (χ0n) is 12.9. The van der Waals surface area contributed by atoms with Crippen molar-refractivity contribution in [2.24, 2.45) is 5.29 Å². The van der Waals surface area contributed by atoms with Gasteiger partial charge in [-0.1, -0.05) is 21.6 Å². The van der Waals surface area contributed by atoms with Gasteiger partial charge in [0, 0.05) is 24.1 Å². The van der Waals surface area contributed by atoms with Crippen molar-refractivity contribution in [2.75, 3.05) is 25.2 Å². The molecule has 1 N–H and O–H groups in total. The van der Waals surface area contributed by atoms with Gasteiger partial charge in [0.05, 0.1) is 5.29 Å². The Hall–Kier alpha value is -1.69. The van der Waals surface area contributed by atoms with E-state index < -0.39 is 40.7 Å². The van der Waals surface area contributed by atoms with E-state index in [1.54, 1.807) is 0 Å². The van der Waals surface area contributed by atoms with Gasteiger partial charge in [-0.3, -0.25) is 0 Å². The number of phenols is 1. The molecular formula is C13H14F4N2O4S2. The van der Waals surface area contributed by atoms with Crippen LogP contribution in [-0.4, -0.2) is 41.4 Å². The van der Waals surface area contributed by atoms with E-state index in [0.29, 0.717) is 16.5 Å². The third kappa shape index (κ3) is 5.96. The molecule has 6 nitrogen and oxygen atoms in total. The van der Waals surface area contributed by atoms with Gasteiger partial charge in [0.2, 0.25) is 11.6 Å². The van der Waals surface area contributed by atoms with Gasteiger partial charge in [-0.2, -0.15) is 13.8 Å². The van der Waals surface area contributed by atoms with Gasteiger partial charge in [-0.05, 0) is 12.8 Å². The summed E-state index contributed by atoms with van der Waals surface area (Å²) in [5.74, 6) is -7.69. The number of nitroso groups, excluding NO2 is 1. The van der Waals surface area contributed by atoms with Crippen LogP contribution < -0.4 is 0 Å². The molecule has 1 aromatic carbocycles. The Kier molecular flexibility index (Phi) is 8.83. The van der Waals surface area contributed by atoms with E-state index >= 15 is 0 Å². The van der Waals surface area contributed by atoms with Crippen LogP contribution in [0.25, 0.3) is 0 Å². The minimum absolute atomic E-state index is 0.0357. The molecule has 0 aliphatic heterocycles. The van der Waals surface area contributed by atoms with Crippen LogP contribution in [0.4, 0.5) is 22.4 Å². The summed E-state index contributed by atoms with van der Waals surface area (Å²) in [6, 6.07) is 0. The lowest BCUT2D eigenvalue weighted by Crippen LogP contribution is -2.22. The van der Waals surface area contributed by atoms with Crippen LogP contribution in [0.15, 0.2) is 5.29 Å². The number of aromatic hydroxyl groups is 1. The topological polar surface area (TPSA) is 79.2 Å². The van der Waals surface area contributed by atoms with Gasteiger partial charge in [-0.15, -0.1) is 4.91 Å². The maximum absolute atomic E-state index is 13.5. The average molecular weight is 402 g/mol. The quantitative estimate of drug-likeness (QED) is 0.168. The fourth-order valence-corrected chi connectivity index (χ4v) is 3.51. The van der Waals surface area contributed by atoms with Gasteiger partial charge < -0.3 is 9.84 Å². The highest BCUT2D eigenvalue weighted by molar-refractivity contribution is 8.76. The van der Waals surface area contributed by atoms with E-state index in [1.165, 1.54) is 21.6 Å². The second-order valence-corrected chi connectivity index (χ2v) is 7.25. The number of halogens is 4. The van der Waals surface area contributed by atoms with Crippen molar-refractivity contribution in [3.8, 4) is 5.75 Å². The smallest absolute Gasteiger partial charge is 0.432 e. The molecule has 0 atom stereocenters. The molecule has 0 radical (unpaired) electrons. The fourth-order valence-electron chi connectivity index (χ4n) is 1.60. The molecular weight excluding hydrogens is 388 g/mol. The Labute approximate surface area is 148 Å². The first-order valence-corrected chi connectivity index (χ1v) is 9.32. The lowest BCUT2D eigenvalue weighted by atomic mass is 10.1. The summed E-state index contributed by atoms with van der Waals surface area (Å²) in [4.78, 5) is 21.1. The SMILES string of the molecule is CN(N=O)C(=O)OCCSSCCCc1c(F)c(F)c(O)c(F)c1F. The Morgan fingerprint density at radius 1 is 1.12 bits per heavy atom. The molecule has 0 heterocycles. The van der Waals surface area contributed by atoms with Crippen molar-refractivity contribution >= 4 is 27.7 Å². The van der Waals surface area contributed by atoms with Crippen LogP contribution in [0.1, 0.15) is 12.0 Å². The van der Waals surface area contributed by atoms with Crippen LogP contribution in [0.5, 0.6) is 5.75 Å². The maximum Gasteiger partial charge on any atom is 0.432 e. The molecule has 0 saturated heterocycles. The molecule has 1 rings (SSSR count). The van der Waals surface area contributed by atoms with Crippen molar-refractivity contribution in [1.29, 1.82) is 0 Å². The third-order valence-corrected chi connectivity index (χ3v) is 5.30. The third-order valence-electron chi connectivity index (χ3n) is 2.85. The largest absolute Gasteiger partial charge is 0.503 e. The molecule has 140 valence electrons. The average Bonchev–Trinajstić information content (AvgIpc) is 2.61. The van der Waals surface area contributed by atoms with Crippen molar-refractivity contribution in [1.82, 2.24) is 5.01 Å². The number of carbonyl (C=O) groups is 1. The van der Waals surface area contributed by atoms with E-state index in [-0.39, 0.29) is 19.4 Å². The van der Waals surface area contributed by atoms with Crippen LogP contribution >= 0.6 is 21.6 Å². The summed E-state index contributed by atoms with van der Waals surface area (Å²) in [6.07, 6.45) is -0.903. The van der Waals surface area contributed by atoms with Crippen molar-refractivity contribution in [3.63, 3.8) is 0 Å². The summed E-state index contributed by atoms with van der Waals surface area (Å²) < 4.78 is 58.1. The predicted octanol–water partition coefficient (Wildman–Crippen LogP) is 4.01. The highest BCUT2D eigenvalue weighted by Crippen LogP contribution is 2.30. The lowest BCUT2D eigenvalue weighted by molar-refractivity contribution is 0.118. The normalized spacial score (nSPS) is 10.6. The maximum atomic E-state index is 13.5. The number of nitrogens with zero attached hydrogens (tertiary/aromatic N) is 2. The summed E-state index contributed by atoms with van der Waals surface area (Å²) in [7, 11) is 3.75. The lowest BCUT2D eigenvalue weighted by Gasteiger charge is -2.09. The fraction of sp³-hybridized carbons (Fsp3) is 0.462. The zero-order chi connectivity index (χ0) is 19.0. The van der Waals surface area contributed by atoms with Crippen molar-refractivity contribution in [2.45, 2.75) is 12.8 Å². The molecule has 25 heavy (non-hydrogen) atoms. The Bertz CT molecular complexity index is 608. The molecule has 0 aliphatic carbocycles. The first kappa shape index (κ1) is 21.4.